The number of hydrogen-bond donors (Lipinski definition) is 1. The number of aryl methyl sites for hydroxylation is 3. The molecule has 1 fully saturated rings. The van der Waals surface area contributed by atoms with E-state index in [0.29, 0.717) is 17.1 Å². The van der Waals surface area contributed by atoms with Gasteiger partial charge in [0.25, 0.3) is 5.91 Å². The second-order valence-electron chi connectivity index (χ2n) is 8.76. The maximum atomic E-state index is 14.0. The molecule has 34 heavy (non-hydrogen) atoms. The number of nitrogens with zero attached hydrogens (tertiary/aromatic N) is 2. The minimum absolute atomic E-state index is 0.125. The predicted molar refractivity (Wildman–Crippen MR) is 136 cm³/mol. The molecule has 1 saturated heterocycles. The Hall–Kier alpha value is -3.58. The van der Waals surface area contributed by atoms with Crippen LogP contribution in [-0.2, 0) is 19.3 Å². The summed E-state index contributed by atoms with van der Waals surface area (Å²) in [5.74, 6) is -0.502. The average molecular weight is 472 g/mol. The highest BCUT2D eigenvalue weighted by atomic mass is 32.2. The fraction of sp³-hybridized carbons (Fsp3) is 0.222. The molecule has 7 heteroatoms. The lowest BCUT2D eigenvalue weighted by molar-refractivity contribution is -0.124. The fourth-order valence-electron chi connectivity index (χ4n) is 4.64. The maximum absolute atomic E-state index is 14.0. The molecule has 3 amide bonds. The molecule has 1 atom stereocenters. The van der Waals surface area contributed by atoms with Gasteiger partial charge in [0.05, 0.1) is 11.4 Å². The molecule has 0 unspecified atom stereocenters. The van der Waals surface area contributed by atoms with Crippen LogP contribution in [0.1, 0.15) is 22.3 Å². The van der Waals surface area contributed by atoms with Gasteiger partial charge in [0.2, 0.25) is 16.7 Å². The van der Waals surface area contributed by atoms with Gasteiger partial charge in [-0.05, 0) is 67.8 Å². The highest BCUT2D eigenvalue weighted by Crippen LogP contribution is 2.55. The molecule has 2 aliphatic heterocycles. The van der Waals surface area contributed by atoms with Gasteiger partial charge in [-0.2, -0.15) is 0 Å². The Bertz CT molecular complexity index is 1340. The van der Waals surface area contributed by atoms with Gasteiger partial charge in [-0.15, -0.1) is 11.8 Å². The Morgan fingerprint density at radius 2 is 1.76 bits per heavy atom. The minimum Gasteiger partial charge on any atom is -0.325 e. The summed E-state index contributed by atoms with van der Waals surface area (Å²) in [6.07, 6.45) is 0. The lowest BCUT2D eigenvalue weighted by Gasteiger charge is -2.33. The van der Waals surface area contributed by atoms with Crippen molar-refractivity contribution in [1.82, 2.24) is 0 Å². The second kappa shape index (κ2) is 8.33. The highest BCUT2D eigenvalue weighted by Gasteiger charge is 2.61. The Morgan fingerprint density at radius 1 is 0.971 bits per heavy atom. The number of hydrogen-bond acceptors (Lipinski definition) is 4. The van der Waals surface area contributed by atoms with Gasteiger partial charge in [-0.25, -0.2) is 0 Å². The summed E-state index contributed by atoms with van der Waals surface area (Å²) in [7, 11) is 0. The number of para-hydroxylation sites is 1. The molecule has 1 N–H and O–H groups in total. The number of fused-ring (bicyclic) bond motifs is 2. The fourth-order valence-corrected chi connectivity index (χ4v) is 6.00. The monoisotopic (exact) mass is 471 g/mol. The van der Waals surface area contributed by atoms with Crippen molar-refractivity contribution in [2.45, 2.75) is 25.6 Å². The third kappa shape index (κ3) is 3.47. The van der Waals surface area contributed by atoms with E-state index in [-0.39, 0.29) is 30.0 Å². The van der Waals surface area contributed by atoms with Crippen LogP contribution >= 0.6 is 11.8 Å². The van der Waals surface area contributed by atoms with Crippen molar-refractivity contribution in [3.63, 3.8) is 0 Å². The zero-order valence-corrected chi connectivity index (χ0v) is 20.1. The van der Waals surface area contributed by atoms with Crippen molar-refractivity contribution in [3.05, 3.63) is 89.0 Å². The van der Waals surface area contributed by atoms with Crippen LogP contribution in [0.2, 0.25) is 0 Å². The van der Waals surface area contributed by atoms with E-state index < -0.39 is 4.87 Å². The summed E-state index contributed by atoms with van der Waals surface area (Å²) >= 11 is 1.31. The normalized spacial score (nSPS) is 19.1. The Labute approximate surface area is 202 Å². The van der Waals surface area contributed by atoms with Gasteiger partial charge in [0.15, 0.2) is 0 Å². The van der Waals surface area contributed by atoms with Gasteiger partial charge >= 0.3 is 0 Å². The van der Waals surface area contributed by atoms with Crippen molar-refractivity contribution in [3.8, 4) is 0 Å². The van der Waals surface area contributed by atoms with Gasteiger partial charge in [0, 0.05) is 16.9 Å². The number of nitrogens with one attached hydrogen (secondary N) is 1. The second-order valence-corrected chi connectivity index (χ2v) is 9.92. The zero-order chi connectivity index (χ0) is 24.0. The van der Waals surface area contributed by atoms with Crippen LogP contribution in [0.4, 0.5) is 17.1 Å². The predicted octanol–water partition coefficient (Wildman–Crippen LogP) is 4.53. The smallest absolute Gasteiger partial charge is 0.269 e. The maximum Gasteiger partial charge on any atom is 0.269 e. The van der Waals surface area contributed by atoms with E-state index >= 15 is 0 Å². The summed E-state index contributed by atoms with van der Waals surface area (Å²) in [5, 5.41) is 2.91. The molecule has 5 rings (SSSR count). The lowest BCUT2D eigenvalue weighted by Crippen LogP contribution is -2.50. The average Bonchev–Trinajstić information content (AvgIpc) is 3.27. The Balaban J connectivity index is 1.50. The number of thioether (sulfide) groups is 1. The SMILES string of the molecule is Cc1cccc(N2C(=O)CS[C@]23C(=O)N(CC(=O)Nc2ccc(C)c(C)c2)c2ccccc23)c1. The van der Waals surface area contributed by atoms with E-state index in [4.69, 9.17) is 0 Å². The van der Waals surface area contributed by atoms with E-state index in [1.165, 1.54) is 16.7 Å². The summed E-state index contributed by atoms with van der Waals surface area (Å²) in [4.78, 5) is 42.0. The molecule has 172 valence electrons. The number of anilines is 3. The Kier molecular flexibility index (Phi) is 5.44. The topological polar surface area (TPSA) is 69.7 Å². The van der Waals surface area contributed by atoms with Crippen molar-refractivity contribution >= 4 is 46.5 Å². The van der Waals surface area contributed by atoms with E-state index in [1.54, 1.807) is 4.90 Å². The van der Waals surface area contributed by atoms with Gasteiger partial charge < -0.3 is 5.32 Å². The first-order chi connectivity index (χ1) is 16.3. The third-order valence-corrected chi connectivity index (χ3v) is 7.80. The molecule has 2 aliphatic rings. The quantitative estimate of drug-likeness (QED) is 0.607. The first-order valence-corrected chi connectivity index (χ1v) is 12.1. The van der Waals surface area contributed by atoms with E-state index in [2.05, 4.69) is 5.32 Å². The lowest BCUT2D eigenvalue weighted by atomic mass is 10.0. The minimum atomic E-state index is -1.22. The number of rotatable bonds is 4. The van der Waals surface area contributed by atoms with Crippen LogP contribution in [0, 0.1) is 20.8 Å². The van der Waals surface area contributed by atoms with Gasteiger partial charge in [0.1, 0.15) is 6.54 Å². The van der Waals surface area contributed by atoms with Crippen molar-refractivity contribution in [1.29, 1.82) is 0 Å². The molecule has 6 nitrogen and oxygen atoms in total. The molecule has 1 spiro atoms. The molecule has 3 aromatic carbocycles. The van der Waals surface area contributed by atoms with Gasteiger partial charge in [-0.1, -0.05) is 36.4 Å². The van der Waals surface area contributed by atoms with Crippen LogP contribution in [0.15, 0.2) is 66.7 Å². The van der Waals surface area contributed by atoms with E-state index in [1.807, 2.05) is 87.5 Å². The van der Waals surface area contributed by atoms with Gasteiger partial charge in [-0.3, -0.25) is 24.2 Å². The number of carbonyl (C=O) groups is 3. The van der Waals surface area contributed by atoms with Crippen LogP contribution in [-0.4, -0.2) is 30.0 Å². The molecule has 2 heterocycles. The largest absolute Gasteiger partial charge is 0.325 e. The number of amides is 3. The van der Waals surface area contributed by atoms with Crippen molar-refractivity contribution in [2.75, 3.05) is 27.4 Å². The number of benzene rings is 3. The van der Waals surface area contributed by atoms with Crippen LogP contribution in [0.3, 0.4) is 0 Å². The molecule has 0 aromatic heterocycles. The molecule has 0 radical (unpaired) electrons. The number of carbonyl (C=O) groups excluding carboxylic acids is 3. The first kappa shape index (κ1) is 22.2. The molecule has 0 bridgehead atoms. The molecule has 0 saturated carbocycles. The van der Waals surface area contributed by atoms with Crippen LogP contribution < -0.4 is 15.1 Å². The highest BCUT2D eigenvalue weighted by molar-refractivity contribution is 8.02. The molecular weight excluding hydrogens is 446 g/mol. The van der Waals surface area contributed by atoms with Crippen molar-refractivity contribution in [2.24, 2.45) is 0 Å². The molecule has 0 aliphatic carbocycles. The summed E-state index contributed by atoms with van der Waals surface area (Å²) in [6.45, 7) is 5.82. The Morgan fingerprint density at radius 3 is 2.53 bits per heavy atom. The molecular formula is C27H25N3O3S. The van der Waals surface area contributed by atoms with Crippen molar-refractivity contribution < 1.29 is 14.4 Å². The summed E-state index contributed by atoms with van der Waals surface area (Å²) in [6, 6.07) is 20.8. The summed E-state index contributed by atoms with van der Waals surface area (Å²) in [5.41, 5.74) is 5.98. The van der Waals surface area contributed by atoms with E-state index in [9.17, 15) is 14.4 Å². The summed E-state index contributed by atoms with van der Waals surface area (Å²) < 4.78 is 0. The van der Waals surface area contributed by atoms with Crippen LogP contribution in [0.5, 0.6) is 0 Å². The zero-order valence-electron chi connectivity index (χ0n) is 19.3. The first-order valence-electron chi connectivity index (χ1n) is 11.1. The third-order valence-electron chi connectivity index (χ3n) is 6.42. The molecule has 3 aromatic rings. The standard InChI is InChI=1S/C27H25N3O3S/c1-17-7-6-8-21(13-17)30-25(32)16-34-27(30)22-9-4-5-10-23(22)29(26(27)33)15-24(31)28-20-12-11-18(2)19(3)14-20/h4-14H,15-16H2,1-3H3,(H,28,31)/t27-/m1/s1. The van der Waals surface area contributed by atoms with E-state index in [0.717, 1.165) is 22.3 Å². The van der Waals surface area contributed by atoms with Crippen LogP contribution in [0.25, 0.3) is 0 Å².